The van der Waals surface area contributed by atoms with E-state index in [0.29, 0.717) is 13.1 Å². The molecule has 0 N–H and O–H groups in total. The van der Waals surface area contributed by atoms with E-state index in [1.54, 1.807) is 29.2 Å². The monoisotopic (exact) mass is 279 g/mol. The SMILES string of the molecule is CCCN(CCC)C(=O)Oc1ccccc1C(=O)OC. The first kappa shape index (κ1) is 16.0. The second kappa shape index (κ2) is 8.19. The van der Waals surface area contributed by atoms with Gasteiger partial charge in [-0.2, -0.15) is 0 Å². The Kier molecular flexibility index (Phi) is 6.56. The Labute approximate surface area is 119 Å². The Hall–Kier alpha value is -2.04. The van der Waals surface area contributed by atoms with E-state index < -0.39 is 12.1 Å². The normalized spacial score (nSPS) is 9.95. The highest BCUT2D eigenvalue weighted by Crippen LogP contribution is 2.19. The standard InChI is InChI=1S/C15H21NO4/c1-4-10-16(11-5-2)15(18)20-13-9-7-6-8-12(13)14(17)19-3/h6-9H,4-5,10-11H2,1-3H3. The Morgan fingerprint density at radius 1 is 1.10 bits per heavy atom. The number of nitrogens with zero attached hydrogens (tertiary/aromatic N) is 1. The number of para-hydroxylation sites is 1. The molecule has 0 fully saturated rings. The average molecular weight is 279 g/mol. The molecule has 0 saturated carbocycles. The van der Waals surface area contributed by atoms with Crippen LogP contribution in [0.25, 0.3) is 0 Å². The van der Waals surface area contributed by atoms with E-state index in [1.807, 2.05) is 13.8 Å². The molecule has 0 aliphatic heterocycles. The minimum atomic E-state index is -0.522. The third kappa shape index (κ3) is 4.26. The molecule has 1 rings (SSSR count). The van der Waals surface area contributed by atoms with Gasteiger partial charge in [-0.25, -0.2) is 9.59 Å². The lowest BCUT2D eigenvalue weighted by Gasteiger charge is -2.21. The van der Waals surface area contributed by atoms with E-state index in [4.69, 9.17) is 4.74 Å². The zero-order valence-corrected chi connectivity index (χ0v) is 12.2. The topological polar surface area (TPSA) is 55.8 Å². The van der Waals surface area contributed by atoms with Crippen LogP contribution in [0.3, 0.4) is 0 Å². The van der Waals surface area contributed by atoms with Crippen LogP contribution in [0.4, 0.5) is 4.79 Å². The first-order chi connectivity index (χ1) is 9.63. The van der Waals surface area contributed by atoms with Gasteiger partial charge in [-0.15, -0.1) is 0 Å². The minimum Gasteiger partial charge on any atom is -0.465 e. The summed E-state index contributed by atoms with van der Waals surface area (Å²) in [6.07, 6.45) is 1.27. The highest BCUT2D eigenvalue weighted by molar-refractivity contribution is 5.93. The van der Waals surface area contributed by atoms with Crippen LogP contribution in [-0.4, -0.2) is 37.2 Å². The Balaban J connectivity index is 2.86. The smallest absolute Gasteiger partial charge is 0.415 e. The van der Waals surface area contributed by atoms with Crippen LogP contribution in [-0.2, 0) is 4.74 Å². The van der Waals surface area contributed by atoms with Crippen molar-refractivity contribution < 1.29 is 19.1 Å². The number of ether oxygens (including phenoxy) is 2. The van der Waals surface area contributed by atoms with Crippen LogP contribution < -0.4 is 4.74 Å². The molecule has 0 atom stereocenters. The summed E-state index contributed by atoms with van der Waals surface area (Å²) >= 11 is 0. The molecule has 0 heterocycles. The van der Waals surface area contributed by atoms with Crippen LogP contribution >= 0.6 is 0 Å². The van der Waals surface area contributed by atoms with Crippen molar-refractivity contribution in [2.75, 3.05) is 20.2 Å². The number of methoxy groups -OCH3 is 1. The summed E-state index contributed by atoms with van der Waals surface area (Å²) in [6.45, 7) is 5.26. The number of carbonyl (C=O) groups excluding carboxylic acids is 2. The Morgan fingerprint density at radius 3 is 2.25 bits per heavy atom. The molecule has 0 aliphatic rings. The molecule has 0 aromatic heterocycles. The summed E-state index contributed by atoms with van der Waals surface area (Å²) in [5, 5.41) is 0. The van der Waals surface area contributed by atoms with Gasteiger partial charge in [0.15, 0.2) is 0 Å². The Bertz CT molecular complexity index is 453. The second-order valence-electron chi connectivity index (χ2n) is 4.34. The molecular formula is C15H21NO4. The van der Waals surface area contributed by atoms with Gasteiger partial charge < -0.3 is 14.4 Å². The molecular weight excluding hydrogens is 258 g/mol. The van der Waals surface area contributed by atoms with Crippen molar-refractivity contribution in [1.29, 1.82) is 0 Å². The largest absolute Gasteiger partial charge is 0.465 e. The lowest BCUT2D eigenvalue weighted by Crippen LogP contribution is -2.35. The van der Waals surface area contributed by atoms with E-state index in [9.17, 15) is 9.59 Å². The molecule has 1 aromatic rings. The van der Waals surface area contributed by atoms with Gasteiger partial charge in [-0.3, -0.25) is 0 Å². The molecule has 110 valence electrons. The maximum Gasteiger partial charge on any atom is 0.415 e. The van der Waals surface area contributed by atoms with Crippen LogP contribution in [0, 0.1) is 0 Å². The van der Waals surface area contributed by atoms with Crippen molar-refractivity contribution in [3.05, 3.63) is 29.8 Å². The summed E-state index contributed by atoms with van der Waals surface area (Å²) in [6, 6.07) is 6.55. The molecule has 5 nitrogen and oxygen atoms in total. The first-order valence-electron chi connectivity index (χ1n) is 6.78. The third-order valence-corrected chi connectivity index (χ3v) is 2.73. The van der Waals surface area contributed by atoms with Crippen molar-refractivity contribution in [2.24, 2.45) is 0 Å². The highest BCUT2D eigenvalue weighted by Gasteiger charge is 2.18. The van der Waals surface area contributed by atoms with E-state index in [0.717, 1.165) is 12.8 Å². The molecule has 5 heteroatoms. The van der Waals surface area contributed by atoms with Gasteiger partial charge in [0, 0.05) is 13.1 Å². The lowest BCUT2D eigenvalue weighted by atomic mass is 10.2. The van der Waals surface area contributed by atoms with Crippen molar-refractivity contribution in [1.82, 2.24) is 4.90 Å². The van der Waals surface area contributed by atoms with Gasteiger partial charge in [0.1, 0.15) is 11.3 Å². The lowest BCUT2D eigenvalue weighted by molar-refractivity contribution is 0.0597. The van der Waals surface area contributed by atoms with E-state index in [-0.39, 0.29) is 11.3 Å². The van der Waals surface area contributed by atoms with Crippen LogP contribution in [0.1, 0.15) is 37.0 Å². The fourth-order valence-corrected chi connectivity index (χ4v) is 1.83. The molecule has 0 radical (unpaired) electrons. The number of benzene rings is 1. The van der Waals surface area contributed by atoms with Gasteiger partial charge in [-0.1, -0.05) is 26.0 Å². The van der Waals surface area contributed by atoms with Crippen LogP contribution in [0.2, 0.25) is 0 Å². The molecule has 0 bridgehead atoms. The molecule has 0 unspecified atom stereocenters. The summed E-state index contributed by atoms with van der Waals surface area (Å²) < 4.78 is 9.99. The quantitative estimate of drug-likeness (QED) is 0.751. The van der Waals surface area contributed by atoms with Gasteiger partial charge in [-0.05, 0) is 25.0 Å². The molecule has 20 heavy (non-hydrogen) atoms. The number of hydrogen-bond donors (Lipinski definition) is 0. The average Bonchev–Trinajstić information content (AvgIpc) is 2.46. The number of amides is 1. The molecule has 0 aliphatic carbocycles. The Morgan fingerprint density at radius 2 is 1.70 bits per heavy atom. The van der Waals surface area contributed by atoms with Crippen molar-refractivity contribution in [2.45, 2.75) is 26.7 Å². The highest BCUT2D eigenvalue weighted by atomic mass is 16.6. The maximum absolute atomic E-state index is 12.1. The third-order valence-electron chi connectivity index (χ3n) is 2.73. The fourth-order valence-electron chi connectivity index (χ4n) is 1.83. The van der Waals surface area contributed by atoms with E-state index >= 15 is 0 Å². The van der Waals surface area contributed by atoms with Crippen LogP contribution in [0.5, 0.6) is 5.75 Å². The summed E-state index contributed by atoms with van der Waals surface area (Å²) in [5.41, 5.74) is 0.247. The molecule has 0 spiro atoms. The fraction of sp³-hybridized carbons (Fsp3) is 0.467. The van der Waals surface area contributed by atoms with Gasteiger partial charge in [0.05, 0.1) is 7.11 Å². The van der Waals surface area contributed by atoms with E-state index in [2.05, 4.69) is 4.74 Å². The number of carbonyl (C=O) groups is 2. The minimum absolute atomic E-state index is 0.224. The van der Waals surface area contributed by atoms with Crippen molar-refractivity contribution in [3.63, 3.8) is 0 Å². The summed E-state index contributed by atoms with van der Waals surface area (Å²) in [5.74, 6) is -0.299. The summed E-state index contributed by atoms with van der Waals surface area (Å²) in [7, 11) is 1.29. The zero-order chi connectivity index (χ0) is 15.0. The second-order valence-corrected chi connectivity index (χ2v) is 4.34. The predicted molar refractivity (Wildman–Crippen MR) is 76.0 cm³/mol. The maximum atomic E-state index is 12.1. The molecule has 0 saturated heterocycles. The van der Waals surface area contributed by atoms with Crippen molar-refractivity contribution in [3.8, 4) is 5.75 Å². The van der Waals surface area contributed by atoms with Crippen LogP contribution in [0.15, 0.2) is 24.3 Å². The number of hydrogen-bond acceptors (Lipinski definition) is 4. The number of esters is 1. The molecule has 1 aromatic carbocycles. The van der Waals surface area contributed by atoms with Crippen molar-refractivity contribution >= 4 is 12.1 Å². The number of rotatable bonds is 6. The predicted octanol–water partition coefficient (Wildman–Crippen LogP) is 3.09. The molecule has 1 amide bonds. The van der Waals surface area contributed by atoms with E-state index in [1.165, 1.54) is 7.11 Å². The summed E-state index contributed by atoms with van der Waals surface area (Å²) in [4.78, 5) is 25.4. The zero-order valence-electron chi connectivity index (χ0n) is 12.2. The van der Waals surface area contributed by atoms with Gasteiger partial charge in [0.2, 0.25) is 0 Å². The van der Waals surface area contributed by atoms with Gasteiger partial charge >= 0.3 is 12.1 Å². The van der Waals surface area contributed by atoms with Gasteiger partial charge in [0.25, 0.3) is 0 Å². The first-order valence-corrected chi connectivity index (χ1v) is 6.78.